The van der Waals surface area contributed by atoms with Gasteiger partial charge in [0.15, 0.2) is 0 Å². The molecule has 1 rings (SSSR count). The fourth-order valence-corrected chi connectivity index (χ4v) is 2.64. The normalized spacial score (nSPS) is 9.93. The summed E-state index contributed by atoms with van der Waals surface area (Å²) in [6, 6.07) is 3.40. The zero-order valence-electron chi connectivity index (χ0n) is 7.38. The predicted molar refractivity (Wildman–Crippen MR) is 65.0 cm³/mol. The van der Waals surface area contributed by atoms with E-state index in [-0.39, 0.29) is 5.56 Å². The molecular formula is C9H8BrIO3. The van der Waals surface area contributed by atoms with Crippen molar-refractivity contribution in [2.75, 3.05) is 6.61 Å². The van der Waals surface area contributed by atoms with Gasteiger partial charge in [-0.25, -0.2) is 4.79 Å². The monoisotopic (exact) mass is 370 g/mol. The molecule has 1 N–H and O–H groups in total. The van der Waals surface area contributed by atoms with Crippen molar-refractivity contribution < 1.29 is 14.6 Å². The highest BCUT2D eigenvalue weighted by Gasteiger charge is 2.15. The molecule has 0 saturated carbocycles. The third-order valence-electron chi connectivity index (χ3n) is 1.53. The van der Waals surface area contributed by atoms with E-state index in [0.717, 1.165) is 3.57 Å². The average molecular weight is 371 g/mol. The molecule has 0 saturated heterocycles. The van der Waals surface area contributed by atoms with Gasteiger partial charge >= 0.3 is 5.97 Å². The molecule has 76 valence electrons. The van der Waals surface area contributed by atoms with E-state index in [1.54, 1.807) is 6.07 Å². The molecule has 0 heterocycles. The lowest BCUT2D eigenvalue weighted by atomic mass is 10.2. The van der Waals surface area contributed by atoms with Gasteiger partial charge in [0.1, 0.15) is 11.3 Å². The van der Waals surface area contributed by atoms with Crippen LogP contribution in [0, 0.1) is 3.57 Å². The number of ether oxygens (including phenoxy) is 1. The van der Waals surface area contributed by atoms with E-state index in [0.29, 0.717) is 16.8 Å². The van der Waals surface area contributed by atoms with Crippen LogP contribution in [0.15, 0.2) is 16.6 Å². The minimum absolute atomic E-state index is 0.186. The smallest absolute Gasteiger partial charge is 0.339 e. The van der Waals surface area contributed by atoms with Gasteiger partial charge in [-0.15, -0.1) is 0 Å². The largest absolute Gasteiger partial charge is 0.492 e. The highest BCUT2D eigenvalue weighted by atomic mass is 127. The quantitative estimate of drug-likeness (QED) is 0.831. The highest BCUT2D eigenvalue weighted by Crippen LogP contribution is 2.31. The number of carboxylic acid groups (broad SMARTS) is 1. The van der Waals surface area contributed by atoms with Crippen molar-refractivity contribution in [2.24, 2.45) is 0 Å². The first-order valence-corrected chi connectivity index (χ1v) is 5.78. The number of benzene rings is 1. The minimum Gasteiger partial charge on any atom is -0.492 e. The second-order valence-electron chi connectivity index (χ2n) is 2.50. The summed E-state index contributed by atoms with van der Waals surface area (Å²) in [7, 11) is 0. The summed E-state index contributed by atoms with van der Waals surface area (Å²) in [5.41, 5.74) is 0.186. The maximum Gasteiger partial charge on any atom is 0.339 e. The van der Waals surface area contributed by atoms with Gasteiger partial charge in [0.05, 0.1) is 11.1 Å². The van der Waals surface area contributed by atoms with Crippen molar-refractivity contribution in [3.63, 3.8) is 0 Å². The van der Waals surface area contributed by atoms with E-state index in [9.17, 15) is 4.79 Å². The zero-order chi connectivity index (χ0) is 10.7. The number of aromatic carboxylic acids is 1. The van der Waals surface area contributed by atoms with E-state index >= 15 is 0 Å². The molecule has 1 aromatic carbocycles. The molecule has 14 heavy (non-hydrogen) atoms. The maximum absolute atomic E-state index is 10.9. The lowest BCUT2D eigenvalue weighted by molar-refractivity contribution is 0.0692. The molecule has 0 spiro atoms. The summed E-state index contributed by atoms with van der Waals surface area (Å²) in [5, 5.41) is 8.94. The molecule has 0 fully saturated rings. The van der Waals surface area contributed by atoms with Gasteiger partial charge in [0, 0.05) is 3.57 Å². The Balaban J connectivity index is 3.28. The molecule has 0 bridgehead atoms. The number of carbonyl (C=O) groups is 1. The lowest BCUT2D eigenvalue weighted by Gasteiger charge is -2.09. The highest BCUT2D eigenvalue weighted by molar-refractivity contribution is 14.1. The third-order valence-corrected chi connectivity index (χ3v) is 2.74. The summed E-state index contributed by atoms with van der Waals surface area (Å²) < 4.78 is 6.78. The Morgan fingerprint density at radius 1 is 1.64 bits per heavy atom. The van der Waals surface area contributed by atoms with E-state index in [1.807, 2.05) is 13.0 Å². The zero-order valence-corrected chi connectivity index (χ0v) is 11.1. The molecule has 0 radical (unpaired) electrons. The summed E-state index contributed by atoms with van der Waals surface area (Å²) in [5.74, 6) is -0.590. The molecule has 0 atom stereocenters. The number of hydrogen-bond donors (Lipinski definition) is 1. The van der Waals surface area contributed by atoms with E-state index in [1.165, 1.54) is 0 Å². The summed E-state index contributed by atoms with van der Waals surface area (Å²) in [6.07, 6.45) is 0. The first kappa shape index (κ1) is 11.8. The molecular weight excluding hydrogens is 363 g/mol. The van der Waals surface area contributed by atoms with Crippen LogP contribution in [-0.2, 0) is 0 Å². The third kappa shape index (κ3) is 2.60. The molecule has 0 aliphatic heterocycles. The second kappa shape index (κ2) is 4.97. The standard InChI is InChI=1S/C9H8BrIO3/c1-2-14-8-6(9(12)13)3-5(11)4-7(8)10/h3-4H,2H2,1H3,(H,12,13). The maximum atomic E-state index is 10.9. The fraction of sp³-hybridized carbons (Fsp3) is 0.222. The van der Waals surface area contributed by atoms with Gasteiger partial charge in [-0.05, 0) is 57.6 Å². The Morgan fingerprint density at radius 2 is 2.29 bits per heavy atom. The molecule has 0 aliphatic rings. The van der Waals surface area contributed by atoms with Crippen molar-refractivity contribution in [1.29, 1.82) is 0 Å². The number of rotatable bonds is 3. The second-order valence-corrected chi connectivity index (χ2v) is 4.60. The molecule has 0 amide bonds. The van der Waals surface area contributed by atoms with E-state index in [2.05, 4.69) is 38.5 Å². The van der Waals surface area contributed by atoms with Crippen LogP contribution in [0.1, 0.15) is 17.3 Å². The first-order chi connectivity index (χ1) is 6.56. The van der Waals surface area contributed by atoms with Gasteiger partial charge in [0.25, 0.3) is 0 Å². The number of halogens is 2. The minimum atomic E-state index is -0.979. The summed E-state index contributed by atoms with van der Waals surface area (Å²) in [4.78, 5) is 10.9. The van der Waals surface area contributed by atoms with Gasteiger partial charge < -0.3 is 9.84 Å². The Bertz CT molecular complexity index is 365. The SMILES string of the molecule is CCOc1c(Br)cc(I)cc1C(=O)O. The summed E-state index contributed by atoms with van der Waals surface area (Å²) >= 11 is 5.33. The van der Waals surface area contributed by atoms with Crippen LogP contribution >= 0.6 is 38.5 Å². The van der Waals surface area contributed by atoms with Gasteiger partial charge in [-0.2, -0.15) is 0 Å². The van der Waals surface area contributed by atoms with Crippen LogP contribution in [-0.4, -0.2) is 17.7 Å². The average Bonchev–Trinajstić information content (AvgIpc) is 2.09. The molecule has 1 aromatic rings. The van der Waals surface area contributed by atoms with Crippen LogP contribution in [0.5, 0.6) is 5.75 Å². The van der Waals surface area contributed by atoms with Crippen molar-refractivity contribution in [3.8, 4) is 5.75 Å². The van der Waals surface area contributed by atoms with Crippen LogP contribution in [0.25, 0.3) is 0 Å². The Labute approximate surface area is 104 Å². The summed E-state index contributed by atoms with van der Waals surface area (Å²) in [6.45, 7) is 2.26. The molecule has 0 unspecified atom stereocenters. The Hall–Kier alpha value is -0.300. The first-order valence-electron chi connectivity index (χ1n) is 3.91. The van der Waals surface area contributed by atoms with Crippen LogP contribution in [0.2, 0.25) is 0 Å². The fourth-order valence-electron chi connectivity index (χ4n) is 1.01. The van der Waals surface area contributed by atoms with E-state index in [4.69, 9.17) is 9.84 Å². The van der Waals surface area contributed by atoms with Crippen LogP contribution in [0.3, 0.4) is 0 Å². The van der Waals surface area contributed by atoms with Crippen molar-refractivity contribution >= 4 is 44.5 Å². The van der Waals surface area contributed by atoms with Crippen molar-refractivity contribution in [1.82, 2.24) is 0 Å². The molecule has 5 heteroatoms. The van der Waals surface area contributed by atoms with Crippen LogP contribution < -0.4 is 4.74 Å². The Morgan fingerprint density at radius 3 is 2.79 bits per heavy atom. The number of hydrogen-bond acceptors (Lipinski definition) is 2. The van der Waals surface area contributed by atoms with Crippen molar-refractivity contribution in [2.45, 2.75) is 6.92 Å². The van der Waals surface area contributed by atoms with E-state index < -0.39 is 5.97 Å². The number of carboxylic acids is 1. The topological polar surface area (TPSA) is 46.5 Å². The van der Waals surface area contributed by atoms with Gasteiger partial charge in [0.2, 0.25) is 0 Å². The van der Waals surface area contributed by atoms with Gasteiger partial charge in [-0.1, -0.05) is 0 Å². The lowest BCUT2D eigenvalue weighted by Crippen LogP contribution is -2.04. The molecule has 0 aromatic heterocycles. The van der Waals surface area contributed by atoms with Gasteiger partial charge in [-0.3, -0.25) is 0 Å². The molecule has 3 nitrogen and oxygen atoms in total. The van der Waals surface area contributed by atoms with Crippen LogP contribution in [0.4, 0.5) is 0 Å². The molecule has 0 aliphatic carbocycles. The van der Waals surface area contributed by atoms with Crippen molar-refractivity contribution in [3.05, 3.63) is 25.7 Å². The Kier molecular flexibility index (Phi) is 4.18. The predicted octanol–water partition coefficient (Wildman–Crippen LogP) is 3.15.